The maximum Gasteiger partial charge on any atom is 0.413 e. The second kappa shape index (κ2) is 10.8. The van der Waals surface area contributed by atoms with Crippen LogP contribution in [0.5, 0.6) is 0 Å². The molecule has 1 aromatic rings. The molecule has 1 aliphatic rings. The van der Waals surface area contributed by atoms with Crippen molar-refractivity contribution in [1.29, 1.82) is 0 Å². The van der Waals surface area contributed by atoms with Crippen molar-refractivity contribution < 1.29 is 18.3 Å². The lowest BCUT2D eigenvalue weighted by Crippen LogP contribution is -2.38. The first kappa shape index (κ1) is 22.6. The third kappa shape index (κ3) is 5.67. The third-order valence-corrected chi connectivity index (χ3v) is 10.3. The lowest BCUT2D eigenvalue weighted by Gasteiger charge is -2.35. The molecule has 1 heterocycles. The number of ether oxygens (including phenoxy) is 1. The highest BCUT2D eigenvalue weighted by atomic mass is 28.4. The van der Waals surface area contributed by atoms with Gasteiger partial charge in [0.25, 0.3) is 0 Å². The molecule has 1 aliphatic heterocycles. The average Bonchev–Trinajstić information content (AvgIpc) is 3.11. The van der Waals surface area contributed by atoms with Gasteiger partial charge in [0.15, 0.2) is 8.32 Å². The zero-order valence-electron chi connectivity index (χ0n) is 17.7. The van der Waals surface area contributed by atoms with Crippen LogP contribution >= 0.6 is 0 Å². The van der Waals surface area contributed by atoms with Crippen LogP contribution in [0.4, 0.5) is 9.18 Å². The van der Waals surface area contributed by atoms with Crippen LogP contribution in [0.25, 0.3) is 0 Å². The molecule has 1 amide bonds. The summed E-state index contributed by atoms with van der Waals surface area (Å²) in [5.41, 5.74) is 1.85. The Balaban J connectivity index is 2.48. The average molecular weight is 408 g/mol. The number of unbranched alkanes of at least 4 members (excludes halogenated alkanes) is 1. The van der Waals surface area contributed by atoms with Crippen LogP contribution in [0.15, 0.2) is 36.0 Å². The summed E-state index contributed by atoms with van der Waals surface area (Å²) >= 11 is 0. The number of hydrogen-bond donors (Lipinski definition) is 0. The minimum atomic E-state index is -1.95. The Hall–Kier alpha value is -1.66. The molecule has 1 fully saturated rings. The van der Waals surface area contributed by atoms with Crippen LogP contribution in [0.3, 0.4) is 0 Å². The molecule has 156 valence electrons. The number of nitrogens with zero attached hydrogens (tertiary/aromatic N) is 1. The van der Waals surface area contributed by atoms with Crippen LogP contribution in [0.1, 0.15) is 58.6 Å². The Labute approximate surface area is 169 Å². The zero-order chi connectivity index (χ0) is 20.6. The molecule has 0 aliphatic carbocycles. The summed E-state index contributed by atoms with van der Waals surface area (Å²) in [4.78, 5) is 13.6. The molecular formula is C22H34FNO3Si. The summed E-state index contributed by atoms with van der Waals surface area (Å²) < 4.78 is 26.0. The van der Waals surface area contributed by atoms with Crippen molar-refractivity contribution in [3.63, 3.8) is 0 Å². The normalized spacial score (nSPS) is 16.4. The lowest BCUT2D eigenvalue weighted by atomic mass is 9.97. The predicted molar refractivity (Wildman–Crippen MR) is 113 cm³/mol. The quantitative estimate of drug-likeness (QED) is 0.398. The number of amides is 1. The second-order valence-corrected chi connectivity index (χ2v) is 12.1. The van der Waals surface area contributed by atoms with Gasteiger partial charge in [0, 0.05) is 6.20 Å². The Bertz CT molecular complexity index is 667. The van der Waals surface area contributed by atoms with Gasteiger partial charge in [-0.05, 0) is 54.2 Å². The minimum Gasteiger partial charge on any atom is -0.447 e. The number of carbonyl (C=O) groups excluding carboxylic acids is 1. The van der Waals surface area contributed by atoms with Gasteiger partial charge in [-0.2, -0.15) is 0 Å². The van der Waals surface area contributed by atoms with Crippen molar-refractivity contribution in [2.75, 3.05) is 13.2 Å². The van der Waals surface area contributed by atoms with E-state index in [4.69, 9.17) is 9.16 Å². The van der Waals surface area contributed by atoms with Crippen LogP contribution in [0, 0.1) is 5.82 Å². The fourth-order valence-electron chi connectivity index (χ4n) is 3.64. The van der Waals surface area contributed by atoms with E-state index in [-0.39, 0.29) is 18.0 Å². The lowest BCUT2D eigenvalue weighted by molar-refractivity contribution is 0.165. The molecule has 1 unspecified atom stereocenters. The molecule has 6 heteroatoms. The third-order valence-electron chi connectivity index (χ3n) is 5.72. The van der Waals surface area contributed by atoms with E-state index in [2.05, 4.69) is 27.7 Å². The zero-order valence-corrected chi connectivity index (χ0v) is 18.7. The van der Waals surface area contributed by atoms with Gasteiger partial charge in [0.2, 0.25) is 0 Å². The Kier molecular flexibility index (Phi) is 8.70. The van der Waals surface area contributed by atoms with E-state index >= 15 is 0 Å². The monoisotopic (exact) mass is 407 g/mol. The van der Waals surface area contributed by atoms with Gasteiger partial charge in [-0.1, -0.05) is 46.2 Å². The molecule has 28 heavy (non-hydrogen) atoms. The Morgan fingerprint density at radius 2 is 2.00 bits per heavy atom. The van der Waals surface area contributed by atoms with E-state index < -0.39 is 8.32 Å². The molecule has 2 rings (SSSR count). The van der Waals surface area contributed by atoms with Crippen LogP contribution in [0.2, 0.25) is 18.1 Å². The topological polar surface area (TPSA) is 38.8 Å². The maximum atomic E-state index is 14.0. The predicted octanol–water partition coefficient (Wildman–Crippen LogP) is 6.41. The largest absolute Gasteiger partial charge is 0.447 e. The first-order chi connectivity index (χ1) is 13.5. The number of carbonyl (C=O) groups is 1. The van der Waals surface area contributed by atoms with Gasteiger partial charge < -0.3 is 9.16 Å². The molecule has 0 bridgehead atoms. The molecule has 0 spiro atoms. The van der Waals surface area contributed by atoms with Crippen molar-refractivity contribution in [3.05, 3.63) is 47.4 Å². The molecule has 0 radical (unpaired) electrons. The van der Waals surface area contributed by atoms with Crippen molar-refractivity contribution in [2.45, 2.75) is 71.2 Å². The number of rotatable bonds is 11. The second-order valence-electron chi connectivity index (χ2n) is 7.41. The van der Waals surface area contributed by atoms with Gasteiger partial charge in [-0.15, -0.1) is 0 Å². The van der Waals surface area contributed by atoms with Gasteiger partial charge in [0.05, 0.1) is 12.6 Å². The summed E-state index contributed by atoms with van der Waals surface area (Å²) in [5, 5.41) is 0. The van der Waals surface area contributed by atoms with Crippen LogP contribution in [-0.4, -0.2) is 32.5 Å². The molecule has 1 atom stereocenters. The molecule has 4 nitrogen and oxygen atoms in total. The number of cyclic esters (lactones) is 1. The van der Waals surface area contributed by atoms with Crippen molar-refractivity contribution in [2.24, 2.45) is 0 Å². The standard InChI is InChI=1S/C22H34FNO3Si/c1-5-9-11-19(17-24-14-15-26-22(24)25)21(18-12-10-13-20(23)16-18)27-28(6-2,7-3)8-4/h10,12-13,16-17,21H,5-9,11,14-15H2,1-4H3/b19-17+. The number of benzene rings is 1. The molecule has 1 saturated heterocycles. The van der Waals surface area contributed by atoms with Gasteiger partial charge in [-0.25, -0.2) is 9.18 Å². The van der Waals surface area contributed by atoms with Gasteiger partial charge in [-0.3, -0.25) is 4.90 Å². The summed E-state index contributed by atoms with van der Waals surface area (Å²) in [5.74, 6) is -0.265. The van der Waals surface area contributed by atoms with Crippen molar-refractivity contribution in [1.82, 2.24) is 4.90 Å². The first-order valence-electron chi connectivity index (χ1n) is 10.6. The van der Waals surface area contributed by atoms with E-state index in [1.54, 1.807) is 17.0 Å². The fraction of sp³-hybridized carbons (Fsp3) is 0.591. The fourth-order valence-corrected chi connectivity index (χ4v) is 6.43. The smallest absolute Gasteiger partial charge is 0.413 e. The highest BCUT2D eigenvalue weighted by Crippen LogP contribution is 2.37. The summed E-state index contributed by atoms with van der Waals surface area (Å²) in [6.45, 7) is 9.66. The molecular weight excluding hydrogens is 373 g/mol. The molecule has 1 aromatic carbocycles. The summed E-state index contributed by atoms with van der Waals surface area (Å²) in [6, 6.07) is 9.71. The number of hydrogen-bond acceptors (Lipinski definition) is 3. The Morgan fingerprint density at radius 3 is 2.54 bits per heavy atom. The highest BCUT2D eigenvalue weighted by molar-refractivity contribution is 6.73. The van der Waals surface area contributed by atoms with Crippen molar-refractivity contribution in [3.8, 4) is 0 Å². The van der Waals surface area contributed by atoms with E-state index in [9.17, 15) is 9.18 Å². The summed E-state index contributed by atoms with van der Waals surface area (Å²) in [7, 11) is -1.95. The first-order valence-corrected chi connectivity index (χ1v) is 13.1. The molecule has 0 N–H and O–H groups in total. The van der Waals surface area contributed by atoms with Crippen LogP contribution in [-0.2, 0) is 9.16 Å². The van der Waals surface area contributed by atoms with Crippen LogP contribution < -0.4 is 0 Å². The highest BCUT2D eigenvalue weighted by Gasteiger charge is 2.34. The summed E-state index contributed by atoms with van der Waals surface area (Å²) in [6.07, 6.45) is 4.07. The van der Waals surface area contributed by atoms with E-state index in [1.807, 2.05) is 12.3 Å². The van der Waals surface area contributed by atoms with Gasteiger partial charge >= 0.3 is 6.09 Å². The molecule has 0 saturated carbocycles. The van der Waals surface area contributed by atoms with E-state index in [0.29, 0.717) is 13.2 Å². The number of halogens is 1. The van der Waals surface area contributed by atoms with Gasteiger partial charge in [0.1, 0.15) is 12.4 Å². The van der Waals surface area contributed by atoms with Crippen molar-refractivity contribution >= 4 is 14.4 Å². The Morgan fingerprint density at radius 1 is 1.29 bits per heavy atom. The van der Waals surface area contributed by atoms with E-state index in [0.717, 1.165) is 48.5 Å². The maximum absolute atomic E-state index is 14.0. The van der Waals surface area contributed by atoms with E-state index in [1.165, 1.54) is 6.07 Å². The minimum absolute atomic E-state index is 0.265. The molecule has 0 aromatic heterocycles. The SMILES string of the molecule is CCCC/C(=C\N1CCOC1=O)C(O[Si](CC)(CC)CC)c1cccc(F)c1.